The number of fused-ring (bicyclic) bond motifs is 1. The molecule has 4 nitrogen and oxygen atoms in total. The summed E-state index contributed by atoms with van der Waals surface area (Å²) in [7, 11) is 0. The van der Waals surface area contributed by atoms with E-state index in [0.717, 1.165) is 45.6 Å². The van der Waals surface area contributed by atoms with Gasteiger partial charge in [-0.3, -0.25) is 4.90 Å². The number of likely N-dealkylation sites (tertiary alicyclic amines) is 1. The molecule has 0 spiro atoms. The molecule has 2 aliphatic heterocycles. The van der Waals surface area contributed by atoms with E-state index in [0.29, 0.717) is 6.04 Å². The molecule has 0 bridgehead atoms. The maximum atomic E-state index is 11.8. The van der Waals surface area contributed by atoms with Crippen LogP contribution in [0.25, 0.3) is 10.8 Å². The molecule has 2 aromatic carbocycles. The first-order chi connectivity index (χ1) is 11.3. The quantitative estimate of drug-likeness (QED) is 0.946. The van der Waals surface area contributed by atoms with Crippen LogP contribution < -0.4 is 5.32 Å². The highest BCUT2D eigenvalue weighted by atomic mass is 16.2. The minimum Gasteiger partial charge on any atom is -0.336 e. The van der Waals surface area contributed by atoms with Gasteiger partial charge in [-0.2, -0.15) is 0 Å². The third kappa shape index (κ3) is 2.91. The molecule has 4 rings (SSSR count). The van der Waals surface area contributed by atoms with Gasteiger partial charge in [-0.25, -0.2) is 4.79 Å². The van der Waals surface area contributed by atoms with Gasteiger partial charge in [0.25, 0.3) is 0 Å². The van der Waals surface area contributed by atoms with Crippen molar-refractivity contribution in [3.05, 3.63) is 48.0 Å². The number of urea groups is 1. The summed E-state index contributed by atoms with van der Waals surface area (Å²) in [6, 6.07) is 15.7. The average Bonchev–Trinajstić information content (AvgIpc) is 3.02. The molecule has 2 saturated heterocycles. The van der Waals surface area contributed by atoms with Gasteiger partial charge in [-0.1, -0.05) is 42.5 Å². The van der Waals surface area contributed by atoms with Crippen LogP contribution in [0.1, 0.15) is 18.4 Å². The summed E-state index contributed by atoms with van der Waals surface area (Å²) in [6.07, 6.45) is 2.16. The first-order valence-corrected chi connectivity index (χ1v) is 8.55. The second-order valence-corrected chi connectivity index (χ2v) is 6.57. The van der Waals surface area contributed by atoms with Gasteiger partial charge < -0.3 is 10.2 Å². The Morgan fingerprint density at radius 3 is 2.57 bits per heavy atom. The number of benzene rings is 2. The number of amides is 2. The molecule has 0 radical (unpaired) electrons. The van der Waals surface area contributed by atoms with Gasteiger partial charge in [0.05, 0.1) is 0 Å². The highest BCUT2D eigenvalue weighted by Gasteiger charge is 2.30. The van der Waals surface area contributed by atoms with Gasteiger partial charge in [-0.05, 0) is 29.2 Å². The van der Waals surface area contributed by atoms with Crippen molar-refractivity contribution in [2.24, 2.45) is 0 Å². The first-order valence-electron chi connectivity index (χ1n) is 8.55. The minimum atomic E-state index is 0.123. The Labute approximate surface area is 137 Å². The number of piperidine rings is 1. The van der Waals surface area contributed by atoms with Crippen LogP contribution in [0.4, 0.5) is 4.79 Å². The van der Waals surface area contributed by atoms with Crippen molar-refractivity contribution in [1.82, 2.24) is 15.1 Å². The van der Waals surface area contributed by atoms with E-state index in [1.165, 1.54) is 16.3 Å². The second-order valence-electron chi connectivity index (χ2n) is 6.57. The highest BCUT2D eigenvalue weighted by Crippen LogP contribution is 2.23. The van der Waals surface area contributed by atoms with Crippen molar-refractivity contribution < 1.29 is 4.79 Å². The first kappa shape index (κ1) is 14.5. The number of nitrogens with zero attached hydrogens (tertiary/aromatic N) is 2. The van der Waals surface area contributed by atoms with Crippen LogP contribution in [0.3, 0.4) is 0 Å². The molecule has 2 fully saturated rings. The second kappa shape index (κ2) is 6.20. The number of carbonyl (C=O) groups is 1. The summed E-state index contributed by atoms with van der Waals surface area (Å²) >= 11 is 0. The molecule has 1 N–H and O–H groups in total. The Morgan fingerprint density at radius 1 is 1.00 bits per heavy atom. The van der Waals surface area contributed by atoms with E-state index in [4.69, 9.17) is 0 Å². The lowest BCUT2D eigenvalue weighted by atomic mass is 10.0. The fourth-order valence-corrected chi connectivity index (χ4v) is 3.90. The molecule has 4 heteroatoms. The third-order valence-electron chi connectivity index (χ3n) is 5.16. The summed E-state index contributed by atoms with van der Waals surface area (Å²) in [5.41, 5.74) is 1.40. The molecular formula is C19H23N3O. The van der Waals surface area contributed by atoms with Crippen LogP contribution >= 0.6 is 0 Å². The van der Waals surface area contributed by atoms with Crippen LogP contribution in [-0.4, -0.2) is 48.1 Å². The molecule has 2 heterocycles. The topological polar surface area (TPSA) is 35.6 Å². The lowest BCUT2D eigenvalue weighted by Gasteiger charge is -2.36. The van der Waals surface area contributed by atoms with Gasteiger partial charge in [0.1, 0.15) is 0 Å². The van der Waals surface area contributed by atoms with Crippen molar-refractivity contribution in [1.29, 1.82) is 0 Å². The number of hydrogen-bond donors (Lipinski definition) is 1. The highest BCUT2D eigenvalue weighted by molar-refractivity contribution is 5.85. The smallest absolute Gasteiger partial charge is 0.317 e. The summed E-state index contributed by atoms with van der Waals surface area (Å²) in [5, 5.41) is 5.58. The van der Waals surface area contributed by atoms with Gasteiger partial charge >= 0.3 is 6.03 Å². The average molecular weight is 309 g/mol. The Hall–Kier alpha value is -2.07. The molecule has 120 valence electrons. The third-order valence-corrected chi connectivity index (χ3v) is 5.16. The fraction of sp³-hybridized carbons (Fsp3) is 0.421. The SMILES string of the molecule is O=C1NCCN1C1CCN(Cc2cccc3ccccc23)CC1. The molecule has 2 amide bonds. The predicted octanol–water partition coefficient (Wildman–Crippen LogP) is 2.83. The molecule has 2 aliphatic rings. The van der Waals surface area contributed by atoms with Crippen molar-refractivity contribution in [2.45, 2.75) is 25.4 Å². The van der Waals surface area contributed by atoms with Crippen molar-refractivity contribution in [3.63, 3.8) is 0 Å². The molecule has 0 atom stereocenters. The monoisotopic (exact) mass is 309 g/mol. The van der Waals surface area contributed by atoms with E-state index in [1.807, 2.05) is 4.90 Å². The number of carbonyl (C=O) groups excluding carboxylic acids is 1. The Bertz CT molecular complexity index is 701. The zero-order valence-corrected chi connectivity index (χ0v) is 13.4. The largest absolute Gasteiger partial charge is 0.336 e. The Balaban J connectivity index is 1.42. The molecule has 0 aromatic heterocycles. The van der Waals surface area contributed by atoms with Crippen LogP contribution in [0.15, 0.2) is 42.5 Å². The van der Waals surface area contributed by atoms with Gasteiger partial charge in [0.15, 0.2) is 0 Å². The molecule has 0 saturated carbocycles. The summed E-state index contributed by atoms with van der Waals surface area (Å²) in [6.45, 7) is 4.80. The number of nitrogens with one attached hydrogen (secondary N) is 1. The van der Waals surface area contributed by atoms with Crippen LogP contribution in [0.2, 0.25) is 0 Å². The summed E-state index contributed by atoms with van der Waals surface area (Å²) < 4.78 is 0. The molecule has 0 unspecified atom stereocenters. The molecule has 2 aromatic rings. The zero-order chi connectivity index (χ0) is 15.6. The lowest BCUT2D eigenvalue weighted by molar-refractivity contribution is 0.132. The number of hydrogen-bond acceptors (Lipinski definition) is 2. The predicted molar refractivity (Wildman–Crippen MR) is 92.4 cm³/mol. The van der Waals surface area contributed by atoms with Crippen molar-refractivity contribution >= 4 is 16.8 Å². The zero-order valence-electron chi connectivity index (χ0n) is 13.4. The Morgan fingerprint density at radius 2 is 1.78 bits per heavy atom. The van der Waals surface area contributed by atoms with Gasteiger partial charge in [0, 0.05) is 38.8 Å². The van der Waals surface area contributed by atoms with Crippen LogP contribution in [0.5, 0.6) is 0 Å². The molecular weight excluding hydrogens is 286 g/mol. The van der Waals surface area contributed by atoms with Gasteiger partial charge in [0.2, 0.25) is 0 Å². The van der Waals surface area contributed by atoms with Crippen molar-refractivity contribution in [3.8, 4) is 0 Å². The van der Waals surface area contributed by atoms with Crippen LogP contribution in [-0.2, 0) is 6.54 Å². The Kier molecular flexibility index (Phi) is 3.92. The van der Waals surface area contributed by atoms with Crippen molar-refractivity contribution in [2.75, 3.05) is 26.2 Å². The molecule has 0 aliphatic carbocycles. The standard InChI is InChI=1S/C19H23N3O/c23-19-20-10-13-22(19)17-8-11-21(12-9-17)14-16-6-3-5-15-4-1-2-7-18(15)16/h1-7,17H,8-14H2,(H,20,23). The van der Waals surface area contributed by atoms with E-state index >= 15 is 0 Å². The normalized spacial score (nSPS) is 20.2. The van der Waals surface area contributed by atoms with Gasteiger partial charge in [-0.15, -0.1) is 0 Å². The van der Waals surface area contributed by atoms with E-state index in [9.17, 15) is 4.79 Å². The molecule has 23 heavy (non-hydrogen) atoms. The maximum Gasteiger partial charge on any atom is 0.317 e. The van der Waals surface area contributed by atoms with E-state index in [2.05, 4.69) is 52.7 Å². The minimum absolute atomic E-state index is 0.123. The fourth-order valence-electron chi connectivity index (χ4n) is 3.90. The van der Waals surface area contributed by atoms with Crippen LogP contribution in [0, 0.1) is 0 Å². The van der Waals surface area contributed by atoms with E-state index < -0.39 is 0 Å². The number of rotatable bonds is 3. The lowest BCUT2D eigenvalue weighted by Crippen LogP contribution is -2.45. The summed E-state index contributed by atoms with van der Waals surface area (Å²) in [4.78, 5) is 16.3. The van der Waals surface area contributed by atoms with E-state index in [-0.39, 0.29) is 6.03 Å². The maximum absolute atomic E-state index is 11.8. The van der Waals surface area contributed by atoms with E-state index in [1.54, 1.807) is 0 Å². The summed E-state index contributed by atoms with van der Waals surface area (Å²) in [5.74, 6) is 0.